The van der Waals surface area contributed by atoms with Gasteiger partial charge >= 0.3 is 0 Å². The molecular weight excluding hydrogens is 338 g/mol. The van der Waals surface area contributed by atoms with Gasteiger partial charge in [0.2, 0.25) is 5.91 Å². The van der Waals surface area contributed by atoms with E-state index < -0.39 is 6.10 Å². The number of ether oxygens (including phenoxy) is 3. The summed E-state index contributed by atoms with van der Waals surface area (Å²) in [4.78, 5) is 16.3. The Kier molecular flexibility index (Phi) is 10.4. The Morgan fingerprint density at radius 1 is 1.31 bits per heavy atom. The van der Waals surface area contributed by atoms with E-state index in [2.05, 4.69) is 15.1 Å². The summed E-state index contributed by atoms with van der Waals surface area (Å²) in [7, 11) is 1.66. The van der Waals surface area contributed by atoms with Crippen LogP contribution < -0.4 is 5.32 Å². The second-order valence-electron chi connectivity index (χ2n) is 7.10. The lowest BCUT2D eigenvalue weighted by atomic mass is 10.2. The van der Waals surface area contributed by atoms with E-state index in [1.807, 2.05) is 0 Å². The van der Waals surface area contributed by atoms with Gasteiger partial charge in [-0.3, -0.25) is 14.6 Å². The number of amides is 1. The third-order valence-corrected chi connectivity index (χ3v) is 4.79. The molecule has 2 atom stereocenters. The fourth-order valence-electron chi connectivity index (χ4n) is 3.30. The molecule has 0 radical (unpaired) electrons. The van der Waals surface area contributed by atoms with Crippen molar-refractivity contribution in [2.75, 3.05) is 79.4 Å². The molecule has 2 unspecified atom stereocenters. The highest BCUT2D eigenvalue weighted by molar-refractivity contribution is 5.77. The Labute approximate surface area is 156 Å². The Hall–Kier alpha value is -0.770. The number of piperazine rings is 1. The first-order valence-electron chi connectivity index (χ1n) is 9.75. The van der Waals surface area contributed by atoms with Gasteiger partial charge in [-0.05, 0) is 19.3 Å². The number of methoxy groups -OCH3 is 1. The minimum absolute atomic E-state index is 0.0668. The van der Waals surface area contributed by atoms with Crippen LogP contribution in [-0.2, 0) is 19.0 Å². The second kappa shape index (κ2) is 12.6. The first-order chi connectivity index (χ1) is 12.7. The number of hydrogen-bond donors (Lipinski definition) is 2. The maximum atomic E-state index is 11.9. The highest BCUT2D eigenvalue weighted by Gasteiger charge is 2.21. The Morgan fingerprint density at radius 3 is 2.77 bits per heavy atom. The largest absolute Gasteiger partial charge is 0.389 e. The Morgan fingerprint density at radius 2 is 2.08 bits per heavy atom. The first kappa shape index (κ1) is 21.5. The summed E-state index contributed by atoms with van der Waals surface area (Å²) in [6.45, 7) is 7.53. The molecule has 26 heavy (non-hydrogen) atoms. The third kappa shape index (κ3) is 8.75. The number of hydrogen-bond acceptors (Lipinski definition) is 7. The van der Waals surface area contributed by atoms with E-state index in [9.17, 15) is 9.90 Å². The SMILES string of the molecule is COCCCNC(=O)CN1CCN(CC(O)COCC2CCCO2)CC1. The molecule has 0 saturated carbocycles. The lowest BCUT2D eigenvalue weighted by Crippen LogP contribution is -2.51. The summed E-state index contributed by atoms with van der Waals surface area (Å²) in [5.74, 6) is 0.0668. The topological polar surface area (TPSA) is 83.5 Å². The van der Waals surface area contributed by atoms with Crippen molar-refractivity contribution in [3.63, 3.8) is 0 Å². The van der Waals surface area contributed by atoms with Gasteiger partial charge in [-0.25, -0.2) is 0 Å². The van der Waals surface area contributed by atoms with Crippen molar-refractivity contribution in [3.8, 4) is 0 Å². The summed E-state index contributed by atoms with van der Waals surface area (Å²) in [5, 5.41) is 13.0. The van der Waals surface area contributed by atoms with E-state index in [-0.39, 0.29) is 12.0 Å². The van der Waals surface area contributed by atoms with Gasteiger partial charge in [-0.15, -0.1) is 0 Å². The van der Waals surface area contributed by atoms with Crippen molar-refractivity contribution in [2.24, 2.45) is 0 Å². The van der Waals surface area contributed by atoms with Crippen LogP contribution in [-0.4, -0.2) is 112 Å². The van der Waals surface area contributed by atoms with Gasteiger partial charge < -0.3 is 24.6 Å². The van der Waals surface area contributed by atoms with E-state index in [4.69, 9.17) is 14.2 Å². The number of nitrogens with one attached hydrogen (secondary N) is 1. The molecule has 0 aromatic carbocycles. The van der Waals surface area contributed by atoms with Crippen LogP contribution in [0.1, 0.15) is 19.3 Å². The molecule has 2 fully saturated rings. The van der Waals surface area contributed by atoms with Gasteiger partial charge in [0.1, 0.15) is 0 Å². The molecular formula is C18H35N3O5. The predicted molar refractivity (Wildman–Crippen MR) is 98.2 cm³/mol. The highest BCUT2D eigenvalue weighted by Crippen LogP contribution is 2.12. The first-order valence-corrected chi connectivity index (χ1v) is 9.75. The molecule has 0 aromatic rings. The van der Waals surface area contributed by atoms with E-state index in [1.165, 1.54) is 0 Å². The molecule has 2 N–H and O–H groups in total. The standard InChI is InChI=1S/C18H35N3O5/c1-24-10-3-5-19-18(23)13-21-8-6-20(7-9-21)12-16(22)14-25-15-17-4-2-11-26-17/h16-17,22H,2-15H2,1H3,(H,19,23). The van der Waals surface area contributed by atoms with Gasteiger partial charge in [0.25, 0.3) is 0 Å². The van der Waals surface area contributed by atoms with E-state index in [0.29, 0.717) is 39.5 Å². The lowest BCUT2D eigenvalue weighted by molar-refractivity contribution is -0.122. The molecule has 0 aromatic heterocycles. The highest BCUT2D eigenvalue weighted by atomic mass is 16.5. The molecule has 0 bridgehead atoms. The summed E-state index contributed by atoms with van der Waals surface area (Å²) >= 11 is 0. The summed E-state index contributed by atoms with van der Waals surface area (Å²) < 4.78 is 16.0. The minimum atomic E-state index is -0.480. The van der Waals surface area contributed by atoms with Crippen LogP contribution in [0.5, 0.6) is 0 Å². The van der Waals surface area contributed by atoms with Gasteiger partial charge in [0.05, 0.1) is 32.0 Å². The summed E-state index contributed by atoms with van der Waals surface area (Å²) in [6.07, 6.45) is 2.71. The van der Waals surface area contributed by atoms with Gasteiger partial charge in [-0.2, -0.15) is 0 Å². The zero-order chi connectivity index (χ0) is 18.6. The molecule has 2 aliphatic rings. The third-order valence-electron chi connectivity index (χ3n) is 4.79. The van der Waals surface area contributed by atoms with Gasteiger partial charge in [0.15, 0.2) is 0 Å². The molecule has 2 rings (SSSR count). The van der Waals surface area contributed by atoms with Crippen LogP contribution in [0.15, 0.2) is 0 Å². The van der Waals surface area contributed by atoms with Crippen LogP contribution in [0.2, 0.25) is 0 Å². The maximum absolute atomic E-state index is 11.9. The van der Waals surface area contributed by atoms with Crippen LogP contribution in [0.25, 0.3) is 0 Å². The molecule has 8 heteroatoms. The van der Waals surface area contributed by atoms with Crippen molar-refractivity contribution in [1.29, 1.82) is 0 Å². The number of nitrogens with zero attached hydrogens (tertiary/aromatic N) is 2. The quantitative estimate of drug-likeness (QED) is 0.438. The van der Waals surface area contributed by atoms with Gasteiger partial charge in [0, 0.05) is 59.6 Å². The van der Waals surface area contributed by atoms with Crippen molar-refractivity contribution in [2.45, 2.75) is 31.5 Å². The molecule has 152 valence electrons. The Bertz CT molecular complexity index is 385. The molecule has 2 saturated heterocycles. The number of β-amino-alcohol motifs (C(OH)–C–C–N with tert-alkyl or cyclic N) is 1. The minimum Gasteiger partial charge on any atom is -0.389 e. The molecule has 2 aliphatic heterocycles. The van der Waals surface area contributed by atoms with Crippen molar-refractivity contribution in [1.82, 2.24) is 15.1 Å². The average molecular weight is 373 g/mol. The van der Waals surface area contributed by atoms with Crippen molar-refractivity contribution in [3.05, 3.63) is 0 Å². The van der Waals surface area contributed by atoms with Crippen molar-refractivity contribution < 1.29 is 24.1 Å². The second-order valence-corrected chi connectivity index (χ2v) is 7.10. The number of rotatable bonds is 12. The van der Waals surface area contributed by atoms with Crippen LogP contribution in [0.3, 0.4) is 0 Å². The van der Waals surface area contributed by atoms with Gasteiger partial charge in [-0.1, -0.05) is 0 Å². The number of carbonyl (C=O) groups is 1. The normalized spacial score (nSPS) is 23.2. The van der Waals surface area contributed by atoms with Crippen LogP contribution in [0.4, 0.5) is 0 Å². The number of aliphatic hydroxyl groups excluding tert-OH is 1. The Balaban J connectivity index is 1.50. The average Bonchev–Trinajstić information content (AvgIpc) is 3.14. The van der Waals surface area contributed by atoms with Crippen LogP contribution >= 0.6 is 0 Å². The number of carbonyl (C=O) groups excluding carboxylic acids is 1. The predicted octanol–water partition coefficient (Wildman–Crippen LogP) is -0.687. The fraction of sp³-hybridized carbons (Fsp3) is 0.944. The van der Waals surface area contributed by atoms with E-state index in [1.54, 1.807) is 7.11 Å². The fourth-order valence-corrected chi connectivity index (χ4v) is 3.30. The lowest BCUT2D eigenvalue weighted by Gasteiger charge is -2.35. The van der Waals surface area contributed by atoms with Crippen molar-refractivity contribution >= 4 is 5.91 Å². The monoisotopic (exact) mass is 373 g/mol. The number of aliphatic hydroxyl groups is 1. The van der Waals surface area contributed by atoms with E-state index in [0.717, 1.165) is 52.0 Å². The zero-order valence-electron chi connectivity index (χ0n) is 16.0. The molecule has 0 aliphatic carbocycles. The molecule has 0 spiro atoms. The molecule has 8 nitrogen and oxygen atoms in total. The van der Waals surface area contributed by atoms with E-state index >= 15 is 0 Å². The summed E-state index contributed by atoms with van der Waals surface area (Å²) in [6, 6.07) is 0. The zero-order valence-corrected chi connectivity index (χ0v) is 16.0. The summed E-state index contributed by atoms with van der Waals surface area (Å²) in [5.41, 5.74) is 0. The smallest absolute Gasteiger partial charge is 0.234 e. The molecule has 2 heterocycles. The maximum Gasteiger partial charge on any atom is 0.234 e. The van der Waals surface area contributed by atoms with Crippen LogP contribution in [0, 0.1) is 0 Å². The molecule has 1 amide bonds.